The smallest absolute Gasteiger partial charge is 0.220 e. The first-order valence-corrected chi connectivity index (χ1v) is 5.97. The molecule has 0 bridgehead atoms. The molecule has 1 atom stereocenters. The maximum atomic E-state index is 10.9. The van der Waals surface area contributed by atoms with Gasteiger partial charge in [0, 0.05) is 36.6 Å². The molecule has 15 heavy (non-hydrogen) atoms. The first kappa shape index (κ1) is 10.6. The summed E-state index contributed by atoms with van der Waals surface area (Å²) in [4.78, 5) is 16.4. The number of hydrogen-bond acceptors (Lipinski definition) is 4. The minimum atomic E-state index is 0.168. The average molecular weight is 225 g/mol. The van der Waals surface area contributed by atoms with E-state index in [1.807, 2.05) is 13.1 Å². The molecule has 0 aromatic carbocycles. The third-order valence-corrected chi connectivity index (χ3v) is 3.41. The lowest BCUT2D eigenvalue weighted by Crippen LogP contribution is -2.45. The van der Waals surface area contributed by atoms with Crippen LogP contribution in [0.2, 0.25) is 0 Å². The third-order valence-electron chi connectivity index (χ3n) is 2.50. The van der Waals surface area contributed by atoms with E-state index < -0.39 is 0 Å². The molecule has 0 aliphatic carbocycles. The second-order valence-electron chi connectivity index (χ2n) is 3.77. The molecule has 1 fully saturated rings. The Kier molecular flexibility index (Phi) is 3.33. The van der Waals surface area contributed by atoms with Crippen LogP contribution < -0.4 is 10.6 Å². The quantitative estimate of drug-likeness (QED) is 0.801. The predicted molar refractivity (Wildman–Crippen MR) is 59.7 cm³/mol. The average Bonchev–Trinajstić information content (AvgIpc) is 2.64. The van der Waals surface area contributed by atoms with E-state index in [2.05, 4.69) is 15.6 Å². The fourth-order valence-electron chi connectivity index (χ4n) is 1.64. The minimum Gasteiger partial charge on any atom is -0.355 e. The molecule has 0 radical (unpaired) electrons. The fraction of sp³-hybridized carbons (Fsp3) is 0.600. The molecule has 2 heterocycles. The summed E-state index contributed by atoms with van der Waals surface area (Å²) >= 11 is 1.72. The summed E-state index contributed by atoms with van der Waals surface area (Å²) in [5, 5.41) is 7.39. The molecule has 1 aliphatic heterocycles. The summed E-state index contributed by atoms with van der Waals surface area (Å²) in [5.41, 5.74) is 0. The molecule has 1 unspecified atom stereocenters. The zero-order valence-electron chi connectivity index (χ0n) is 8.75. The number of carbonyl (C=O) groups excluding carboxylic acids is 1. The molecule has 0 spiro atoms. The molecule has 1 amide bonds. The molecule has 0 saturated carbocycles. The van der Waals surface area contributed by atoms with Gasteiger partial charge in [-0.1, -0.05) is 0 Å². The van der Waals surface area contributed by atoms with Crippen molar-refractivity contribution in [1.29, 1.82) is 0 Å². The number of thiazole rings is 1. The summed E-state index contributed by atoms with van der Waals surface area (Å²) < 4.78 is 0. The van der Waals surface area contributed by atoms with Gasteiger partial charge in [0.05, 0.1) is 5.01 Å². The van der Waals surface area contributed by atoms with E-state index >= 15 is 0 Å². The van der Waals surface area contributed by atoms with E-state index in [1.54, 1.807) is 11.3 Å². The Bertz CT molecular complexity index is 340. The molecular formula is C10H15N3OS. The Morgan fingerprint density at radius 1 is 1.73 bits per heavy atom. The highest BCUT2D eigenvalue weighted by atomic mass is 32.1. The number of aryl methyl sites for hydroxylation is 1. The van der Waals surface area contributed by atoms with Gasteiger partial charge in [-0.25, -0.2) is 4.98 Å². The van der Waals surface area contributed by atoms with Gasteiger partial charge in [-0.15, -0.1) is 11.3 Å². The molecular weight excluding hydrogens is 210 g/mol. The van der Waals surface area contributed by atoms with E-state index in [-0.39, 0.29) is 5.91 Å². The number of nitrogens with one attached hydrogen (secondary N) is 2. The van der Waals surface area contributed by atoms with Gasteiger partial charge in [0.1, 0.15) is 0 Å². The van der Waals surface area contributed by atoms with Crippen molar-refractivity contribution >= 4 is 17.2 Å². The van der Waals surface area contributed by atoms with E-state index in [0.29, 0.717) is 12.5 Å². The van der Waals surface area contributed by atoms with Gasteiger partial charge < -0.3 is 10.6 Å². The van der Waals surface area contributed by atoms with Crippen LogP contribution in [0.3, 0.4) is 0 Å². The minimum absolute atomic E-state index is 0.168. The van der Waals surface area contributed by atoms with Crippen LogP contribution in [0.4, 0.5) is 0 Å². The van der Waals surface area contributed by atoms with Gasteiger partial charge in [-0.05, 0) is 13.3 Å². The van der Waals surface area contributed by atoms with Gasteiger partial charge in [0.2, 0.25) is 5.91 Å². The van der Waals surface area contributed by atoms with Crippen molar-refractivity contribution in [2.75, 3.05) is 6.54 Å². The van der Waals surface area contributed by atoms with Crippen molar-refractivity contribution in [1.82, 2.24) is 15.6 Å². The van der Waals surface area contributed by atoms with Crippen LogP contribution in [0, 0.1) is 6.92 Å². The highest BCUT2D eigenvalue weighted by Gasteiger charge is 2.17. The maximum absolute atomic E-state index is 10.9. The highest BCUT2D eigenvalue weighted by Crippen LogP contribution is 2.12. The van der Waals surface area contributed by atoms with Crippen LogP contribution >= 0.6 is 11.3 Å². The first-order valence-electron chi connectivity index (χ1n) is 5.15. The van der Waals surface area contributed by atoms with Gasteiger partial charge in [-0.2, -0.15) is 0 Å². The van der Waals surface area contributed by atoms with E-state index in [1.165, 1.54) is 4.88 Å². The predicted octanol–water partition coefficient (Wildman–Crippen LogP) is 0.820. The standard InChI is InChI=1S/C10H15N3OS/c1-7-11-5-9(15-7)6-12-8-2-3-10(14)13-4-8/h5,8,12H,2-4,6H2,1H3,(H,13,14). The normalized spacial score (nSPS) is 21.4. The highest BCUT2D eigenvalue weighted by molar-refractivity contribution is 7.11. The van der Waals surface area contributed by atoms with Crippen LogP contribution in [-0.4, -0.2) is 23.5 Å². The summed E-state index contributed by atoms with van der Waals surface area (Å²) in [6.45, 7) is 3.61. The Labute approximate surface area is 93.1 Å². The Balaban J connectivity index is 1.76. The number of nitrogens with zero attached hydrogens (tertiary/aromatic N) is 1. The number of aromatic nitrogens is 1. The van der Waals surface area contributed by atoms with Crippen LogP contribution in [0.1, 0.15) is 22.7 Å². The zero-order valence-corrected chi connectivity index (χ0v) is 9.56. The van der Waals surface area contributed by atoms with Gasteiger partial charge in [0.25, 0.3) is 0 Å². The lowest BCUT2D eigenvalue weighted by molar-refractivity contribution is -0.122. The Hall–Kier alpha value is -0.940. The number of hydrogen-bond donors (Lipinski definition) is 2. The third kappa shape index (κ3) is 3.00. The SMILES string of the molecule is Cc1ncc(CNC2CCC(=O)NC2)s1. The monoisotopic (exact) mass is 225 g/mol. The molecule has 1 aromatic rings. The van der Waals surface area contributed by atoms with Crippen molar-refractivity contribution in [2.45, 2.75) is 32.4 Å². The van der Waals surface area contributed by atoms with Crippen LogP contribution in [0.5, 0.6) is 0 Å². The van der Waals surface area contributed by atoms with Crippen molar-refractivity contribution in [3.63, 3.8) is 0 Å². The molecule has 2 N–H and O–H groups in total. The second kappa shape index (κ2) is 4.72. The molecule has 1 aliphatic rings. The number of amides is 1. The number of carbonyl (C=O) groups is 1. The van der Waals surface area contributed by atoms with Crippen molar-refractivity contribution in [3.8, 4) is 0 Å². The molecule has 5 heteroatoms. The van der Waals surface area contributed by atoms with Crippen molar-refractivity contribution < 1.29 is 4.79 Å². The van der Waals surface area contributed by atoms with E-state index in [4.69, 9.17) is 0 Å². The molecule has 1 saturated heterocycles. The fourth-order valence-corrected chi connectivity index (χ4v) is 2.38. The number of rotatable bonds is 3. The van der Waals surface area contributed by atoms with Crippen LogP contribution in [-0.2, 0) is 11.3 Å². The Morgan fingerprint density at radius 3 is 3.20 bits per heavy atom. The topological polar surface area (TPSA) is 54.0 Å². The molecule has 4 nitrogen and oxygen atoms in total. The van der Waals surface area contributed by atoms with Crippen LogP contribution in [0.15, 0.2) is 6.20 Å². The van der Waals surface area contributed by atoms with E-state index in [0.717, 1.165) is 24.5 Å². The molecule has 2 rings (SSSR count). The Morgan fingerprint density at radius 2 is 2.60 bits per heavy atom. The molecule has 1 aromatic heterocycles. The van der Waals surface area contributed by atoms with Gasteiger partial charge in [-0.3, -0.25) is 4.79 Å². The number of piperidine rings is 1. The first-order chi connectivity index (χ1) is 7.24. The van der Waals surface area contributed by atoms with Crippen molar-refractivity contribution in [2.24, 2.45) is 0 Å². The lowest BCUT2D eigenvalue weighted by Gasteiger charge is -2.23. The largest absolute Gasteiger partial charge is 0.355 e. The van der Waals surface area contributed by atoms with E-state index in [9.17, 15) is 4.79 Å². The van der Waals surface area contributed by atoms with Gasteiger partial charge >= 0.3 is 0 Å². The lowest BCUT2D eigenvalue weighted by atomic mass is 10.1. The summed E-state index contributed by atoms with van der Waals surface area (Å²) in [6.07, 6.45) is 3.48. The zero-order chi connectivity index (χ0) is 10.7. The summed E-state index contributed by atoms with van der Waals surface area (Å²) in [6, 6.07) is 0.408. The summed E-state index contributed by atoms with van der Waals surface area (Å²) in [7, 11) is 0. The second-order valence-corrected chi connectivity index (χ2v) is 5.09. The van der Waals surface area contributed by atoms with Crippen molar-refractivity contribution in [3.05, 3.63) is 16.1 Å². The maximum Gasteiger partial charge on any atom is 0.220 e. The van der Waals surface area contributed by atoms with Crippen LogP contribution in [0.25, 0.3) is 0 Å². The summed E-state index contributed by atoms with van der Waals surface area (Å²) in [5.74, 6) is 0.168. The van der Waals surface area contributed by atoms with Gasteiger partial charge in [0.15, 0.2) is 0 Å². The molecule has 82 valence electrons.